The Balaban J connectivity index is 1.64. The molecule has 3 heterocycles. The van der Waals surface area contributed by atoms with E-state index in [9.17, 15) is 9.90 Å². The molecule has 122 valence electrons. The first-order chi connectivity index (χ1) is 10.5. The number of carboxylic acids is 1. The minimum Gasteiger partial charge on any atom is -0.481 e. The zero-order chi connectivity index (χ0) is 15.7. The number of aryl methyl sites for hydroxylation is 1. The van der Waals surface area contributed by atoms with Gasteiger partial charge in [-0.2, -0.15) is 5.10 Å². The fraction of sp³-hybridized carbons (Fsp3) is 0.812. The first kappa shape index (κ1) is 15.5. The molecule has 0 bridgehead atoms. The molecule has 0 saturated carbocycles. The Kier molecular flexibility index (Phi) is 4.47. The monoisotopic (exact) mass is 306 g/mol. The highest BCUT2D eigenvalue weighted by molar-refractivity contribution is 5.75. The van der Waals surface area contributed by atoms with Crippen LogP contribution in [0.25, 0.3) is 0 Å². The zero-order valence-corrected chi connectivity index (χ0v) is 13.5. The fourth-order valence-corrected chi connectivity index (χ4v) is 3.65. The Bertz CT molecular complexity index is 532. The van der Waals surface area contributed by atoms with Crippen molar-refractivity contribution in [1.29, 1.82) is 0 Å². The van der Waals surface area contributed by atoms with Gasteiger partial charge < -0.3 is 10.0 Å². The smallest absolute Gasteiger partial charge is 0.314 e. The molecular formula is C16H26N4O2. The number of carboxylic acid groups (broad SMARTS) is 1. The molecule has 1 atom stereocenters. The molecule has 1 N–H and O–H groups in total. The predicted octanol–water partition coefficient (Wildman–Crippen LogP) is 1.90. The van der Waals surface area contributed by atoms with E-state index in [-0.39, 0.29) is 0 Å². The Labute approximate surface area is 131 Å². The van der Waals surface area contributed by atoms with E-state index in [0.717, 1.165) is 38.3 Å². The van der Waals surface area contributed by atoms with E-state index in [1.807, 2.05) is 4.68 Å². The summed E-state index contributed by atoms with van der Waals surface area (Å²) in [5.74, 6) is 0.880. The van der Waals surface area contributed by atoms with Crippen LogP contribution in [0.1, 0.15) is 57.1 Å². The van der Waals surface area contributed by atoms with Gasteiger partial charge in [-0.15, -0.1) is 0 Å². The summed E-state index contributed by atoms with van der Waals surface area (Å²) in [7, 11) is 0. The Morgan fingerprint density at radius 1 is 1.27 bits per heavy atom. The van der Waals surface area contributed by atoms with Crippen molar-refractivity contribution in [3.8, 4) is 0 Å². The highest BCUT2D eigenvalue weighted by Crippen LogP contribution is 2.27. The van der Waals surface area contributed by atoms with Crippen LogP contribution < -0.4 is 0 Å². The Morgan fingerprint density at radius 2 is 2.00 bits per heavy atom. The molecule has 2 aliphatic rings. The molecule has 3 rings (SSSR count). The second kappa shape index (κ2) is 6.36. The second-order valence-corrected chi connectivity index (χ2v) is 6.92. The molecule has 1 fully saturated rings. The number of hydrogen-bond acceptors (Lipinski definition) is 4. The number of likely N-dealkylation sites (tertiary alicyclic amines) is 1. The van der Waals surface area contributed by atoms with Gasteiger partial charge in [-0.05, 0) is 58.5 Å². The number of piperidine rings is 1. The third-order valence-electron chi connectivity index (χ3n) is 5.07. The van der Waals surface area contributed by atoms with E-state index in [0.29, 0.717) is 24.2 Å². The van der Waals surface area contributed by atoms with Gasteiger partial charge in [0.05, 0.1) is 0 Å². The van der Waals surface area contributed by atoms with E-state index < -0.39 is 11.9 Å². The van der Waals surface area contributed by atoms with Crippen LogP contribution in [0.5, 0.6) is 0 Å². The average molecular weight is 306 g/mol. The van der Waals surface area contributed by atoms with Crippen LogP contribution in [0.3, 0.4) is 0 Å². The van der Waals surface area contributed by atoms with Gasteiger partial charge in [-0.25, -0.2) is 9.67 Å². The first-order valence-electron chi connectivity index (χ1n) is 8.45. The highest BCUT2D eigenvalue weighted by atomic mass is 16.4. The van der Waals surface area contributed by atoms with E-state index in [1.165, 1.54) is 12.8 Å². The normalized spacial score (nSPS) is 23.7. The Morgan fingerprint density at radius 3 is 2.64 bits per heavy atom. The maximum atomic E-state index is 11.3. The SMILES string of the molecule is CC(C)N1CCC(Cc2nc3n(n2)CCCC3C(=O)O)CC1. The van der Waals surface area contributed by atoms with Gasteiger partial charge in [0.15, 0.2) is 5.82 Å². The van der Waals surface area contributed by atoms with Crippen molar-refractivity contribution in [3.63, 3.8) is 0 Å². The summed E-state index contributed by atoms with van der Waals surface area (Å²) in [6.45, 7) is 7.59. The summed E-state index contributed by atoms with van der Waals surface area (Å²) >= 11 is 0. The molecule has 1 aromatic rings. The topological polar surface area (TPSA) is 71.2 Å². The number of nitrogens with zero attached hydrogens (tertiary/aromatic N) is 4. The molecular weight excluding hydrogens is 280 g/mol. The van der Waals surface area contributed by atoms with E-state index in [2.05, 4.69) is 28.8 Å². The number of aliphatic carboxylic acids is 1. The maximum absolute atomic E-state index is 11.3. The Hall–Kier alpha value is -1.43. The van der Waals surface area contributed by atoms with Crippen molar-refractivity contribution >= 4 is 5.97 Å². The van der Waals surface area contributed by atoms with E-state index in [1.54, 1.807) is 0 Å². The molecule has 0 aromatic carbocycles. The predicted molar refractivity (Wildman–Crippen MR) is 82.8 cm³/mol. The molecule has 0 amide bonds. The van der Waals surface area contributed by atoms with Crippen molar-refractivity contribution in [2.24, 2.45) is 5.92 Å². The molecule has 0 aliphatic carbocycles. The third-order valence-corrected chi connectivity index (χ3v) is 5.07. The highest BCUT2D eigenvalue weighted by Gasteiger charge is 2.30. The van der Waals surface area contributed by atoms with Gasteiger partial charge in [0.2, 0.25) is 0 Å². The summed E-state index contributed by atoms with van der Waals surface area (Å²) < 4.78 is 1.82. The number of fused-ring (bicyclic) bond motifs is 1. The second-order valence-electron chi connectivity index (χ2n) is 6.92. The first-order valence-corrected chi connectivity index (χ1v) is 8.45. The molecule has 22 heavy (non-hydrogen) atoms. The molecule has 6 nitrogen and oxygen atoms in total. The van der Waals surface area contributed by atoms with E-state index in [4.69, 9.17) is 0 Å². The maximum Gasteiger partial charge on any atom is 0.314 e. The number of rotatable bonds is 4. The van der Waals surface area contributed by atoms with Crippen molar-refractivity contribution in [3.05, 3.63) is 11.6 Å². The minimum absolute atomic E-state index is 0.474. The van der Waals surface area contributed by atoms with Crippen LogP contribution in [0.4, 0.5) is 0 Å². The summed E-state index contributed by atoms with van der Waals surface area (Å²) in [4.78, 5) is 18.4. The van der Waals surface area contributed by atoms with Crippen LogP contribution in [-0.2, 0) is 17.8 Å². The lowest BCUT2D eigenvalue weighted by molar-refractivity contribution is -0.139. The van der Waals surface area contributed by atoms with Crippen LogP contribution in [0.2, 0.25) is 0 Å². The number of aromatic nitrogens is 3. The van der Waals surface area contributed by atoms with Crippen LogP contribution in [0, 0.1) is 5.92 Å². The molecule has 0 radical (unpaired) electrons. The van der Waals surface area contributed by atoms with Crippen LogP contribution in [-0.4, -0.2) is 49.9 Å². The lowest BCUT2D eigenvalue weighted by Crippen LogP contribution is -2.38. The summed E-state index contributed by atoms with van der Waals surface area (Å²) in [5, 5.41) is 13.9. The third kappa shape index (κ3) is 3.16. The molecule has 1 unspecified atom stereocenters. The van der Waals surface area contributed by atoms with Crippen molar-refractivity contribution in [2.75, 3.05) is 13.1 Å². The zero-order valence-electron chi connectivity index (χ0n) is 13.5. The molecule has 1 aromatic heterocycles. The lowest BCUT2D eigenvalue weighted by Gasteiger charge is -2.34. The summed E-state index contributed by atoms with van der Waals surface area (Å²) in [6, 6.07) is 0.621. The van der Waals surface area contributed by atoms with Crippen LogP contribution in [0.15, 0.2) is 0 Å². The van der Waals surface area contributed by atoms with Crippen molar-refractivity contribution in [1.82, 2.24) is 19.7 Å². The molecule has 1 saturated heterocycles. The number of carbonyl (C=O) groups is 1. The van der Waals surface area contributed by atoms with Gasteiger partial charge in [0.25, 0.3) is 0 Å². The van der Waals surface area contributed by atoms with Crippen LogP contribution >= 0.6 is 0 Å². The van der Waals surface area contributed by atoms with Gasteiger partial charge in [-0.1, -0.05) is 0 Å². The molecule has 6 heteroatoms. The van der Waals surface area contributed by atoms with Gasteiger partial charge >= 0.3 is 5.97 Å². The summed E-state index contributed by atoms with van der Waals surface area (Å²) in [5.41, 5.74) is 0. The summed E-state index contributed by atoms with van der Waals surface area (Å²) in [6.07, 6.45) is 4.81. The minimum atomic E-state index is -0.773. The van der Waals surface area contributed by atoms with Gasteiger partial charge in [0, 0.05) is 19.0 Å². The average Bonchev–Trinajstić information content (AvgIpc) is 2.89. The molecule has 2 aliphatic heterocycles. The van der Waals surface area contributed by atoms with Crippen molar-refractivity contribution < 1.29 is 9.90 Å². The van der Waals surface area contributed by atoms with E-state index >= 15 is 0 Å². The van der Waals surface area contributed by atoms with Gasteiger partial charge in [0.1, 0.15) is 11.7 Å². The van der Waals surface area contributed by atoms with Gasteiger partial charge in [-0.3, -0.25) is 4.79 Å². The standard InChI is InChI=1S/C16H26N4O2/c1-11(2)19-8-5-12(6-9-19)10-14-17-15-13(16(21)22)4-3-7-20(15)18-14/h11-13H,3-10H2,1-2H3,(H,21,22). The fourth-order valence-electron chi connectivity index (χ4n) is 3.65. The largest absolute Gasteiger partial charge is 0.481 e. The lowest BCUT2D eigenvalue weighted by atomic mass is 9.92. The number of hydrogen-bond donors (Lipinski definition) is 1. The molecule has 0 spiro atoms. The van der Waals surface area contributed by atoms with Crippen molar-refractivity contribution in [2.45, 2.75) is 64.5 Å². The quantitative estimate of drug-likeness (QED) is 0.920.